The normalized spacial score (nSPS) is 29.3. The zero-order valence-corrected chi connectivity index (χ0v) is 8.72. The van der Waals surface area contributed by atoms with Gasteiger partial charge >= 0.3 is 0 Å². The van der Waals surface area contributed by atoms with Crippen LogP contribution in [0.1, 0.15) is 32.6 Å². The van der Waals surface area contributed by atoms with Gasteiger partial charge in [0.1, 0.15) is 0 Å². The van der Waals surface area contributed by atoms with Crippen LogP contribution in [0, 0.1) is 5.41 Å². The van der Waals surface area contributed by atoms with Crippen LogP contribution in [-0.2, 0) is 4.74 Å². The highest BCUT2D eigenvalue weighted by Gasteiger charge is 2.33. The predicted octanol–water partition coefficient (Wildman–Crippen LogP) is 1.90. The fourth-order valence-corrected chi connectivity index (χ4v) is 2.43. The molecule has 1 saturated heterocycles. The quantitative estimate of drug-likeness (QED) is 0.648. The molecule has 2 rings (SSSR count). The molecule has 0 aromatic rings. The van der Waals surface area contributed by atoms with E-state index in [1.807, 2.05) is 0 Å². The van der Waals surface area contributed by atoms with Crippen LogP contribution in [0.15, 0.2) is 0 Å². The SMILES string of the molecule is CC1(CN2CCCOCC2)CCC1. The number of hydrogen-bond donors (Lipinski definition) is 0. The Kier molecular flexibility index (Phi) is 2.89. The third kappa shape index (κ3) is 2.44. The lowest BCUT2D eigenvalue weighted by atomic mass is 9.70. The Balaban J connectivity index is 1.78. The van der Waals surface area contributed by atoms with Crippen LogP contribution in [-0.4, -0.2) is 37.7 Å². The molecule has 1 saturated carbocycles. The zero-order valence-electron chi connectivity index (χ0n) is 8.72. The summed E-state index contributed by atoms with van der Waals surface area (Å²) in [6, 6.07) is 0. The van der Waals surface area contributed by atoms with Crippen molar-refractivity contribution in [3.63, 3.8) is 0 Å². The second kappa shape index (κ2) is 3.97. The van der Waals surface area contributed by atoms with Crippen LogP contribution in [0.2, 0.25) is 0 Å². The Morgan fingerprint density at radius 1 is 1.15 bits per heavy atom. The van der Waals surface area contributed by atoms with Gasteiger partial charge in [0.15, 0.2) is 0 Å². The van der Waals surface area contributed by atoms with E-state index in [1.165, 1.54) is 38.8 Å². The summed E-state index contributed by atoms with van der Waals surface area (Å²) in [6.07, 6.45) is 5.53. The van der Waals surface area contributed by atoms with Crippen LogP contribution in [0.25, 0.3) is 0 Å². The number of ether oxygens (including phenoxy) is 1. The first-order valence-electron chi connectivity index (χ1n) is 5.59. The minimum atomic E-state index is 0.643. The van der Waals surface area contributed by atoms with E-state index in [-0.39, 0.29) is 0 Å². The molecule has 0 aromatic heterocycles. The maximum atomic E-state index is 5.45. The van der Waals surface area contributed by atoms with E-state index in [0.717, 1.165) is 19.8 Å². The lowest BCUT2D eigenvalue weighted by molar-refractivity contribution is 0.0799. The summed E-state index contributed by atoms with van der Waals surface area (Å²) >= 11 is 0. The summed E-state index contributed by atoms with van der Waals surface area (Å²) < 4.78 is 5.45. The Morgan fingerprint density at radius 2 is 2.00 bits per heavy atom. The summed E-state index contributed by atoms with van der Waals surface area (Å²) in [7, 11) is 0. The standard InChI is InChI=1S/C11H21NO/c1-11(4-2-5-11)10-12-6-3-8-13-9-7-12/h2-10H2,1H3. The number of hydrogen-bond acceptors (Lipinski definition) is 2. The molecule has 0 radical (unpaired) electrons. The van der Waals surface area contributed by atoms with Crippen molar-refractivity contribution >= 4 is 0 Å². The van der Waals surface area contributed by atoms with Crippen LogP contribution in [0.3, 0.4) is 0 Å². The lowest BCUT2D eigenvalue weighted by Gasteiger charge is -2.42. The van der Waals surface area contributed by atoms with Gasteiger partial charge in [0.05, 0.1) is 6.61 Å². The number of nitrogens with zero attached hydrogens (tertiary/aromatic N) is 1. The monoisotopic (exact) mass is 183 g/mol. The molecule has 1 aliphatic heterocycles. The van der Waals surface area contributed by atoms with E-state index < -0.39 is 0 Å². The van der Waals surface area contributed by atoms with Crippen molar-refractivity contribution in [2.24, 2.45) is 5.41 Å². The third-order valence-corrected chi connectivity index (χ3v) is 3.48. The second-order valence-corrected chi connectivity index (χ2v) is 4.91. The first kappa shape index (κ1) is 9.47. The van der Waals surface area contributed by atoms with Crippen molar-refractivity contribution < 1.29 is 4.74 Å². The molecular formula is C11H21NO. The van der Waals surface area contributed by atoms with E-state index in [4.69, 9.17) is 4.74 Å². The van der Waals surface area contributed by atoms with Crippen LogP contribution < -0.4 is 0 Å². The maximum absolute atomic E-state index is 5.45. The molecule has 0 N–H and O–H groups in total. The van der Waals surface area contributed by atoms with Crippen molar-refractivity contribution in [2.45, 2.75) is 32.6 Å². The van der Waals surface area contributed by atoms with Gasteiger partial charge in [-0.15, -0.1) is 0 Å². The van der Waals surface area contributed by atoms with Crippen molar-refractivity contribution in [1.29, 1.82) is 0 Å². The van der Waals surface area contributed by atoms with E-state index >= 15 is 0 Å². The minimum absolute atomic E-state index is 0.643. The molecular weight excluding hydrogens is 162 g/mol. The largest absolute Gasteiger partial charge is 0.380 e. The van der Waals surface area contributed by atoms with Crippen LogP contribution in [0.5, 0.6) is 0 Å². The average molecular weight is 183 g/mol. The Bertz CT molecular complexity index is 157. The highest BCUT2D eigenvalue weighted by molar-refractivity contribution is 4.86. The van der Waals surface area contributed by atoms with E-state index in [2.05, 4.69) is 11.8 Å². The molecule has 0 unspecified atom stereocenters. The van der Waals surface area contributed by atoms with Gasteiger partial charge < -0.3 is 9.64 Å². The highest BCUT2D eigenvalue weighted by atomic mass is 16.5. The second-order valence-electron chi connectivity index (χ2n) is 4.91. The molecule has 0 atom stereocenters. The molecule has 1 heterocycles. The van der Waals surface area contributed by atoms with Crippen LogP contribution in [0.4, 0.5) is 0 Å². The summed E-state index contributed by atoms with van der Waals surface area (Å²) in [5, 5.41) is 0. The van der Waals surface area contributed by atoms with Gasteiger partial charge in [-0.25, -0.2) is 0 Å². The Hall–Kier alpha value is -0.0800. The summed E-state index contributed by atoms with van der Waals surface area (Å²) in [6.45, 7) is 8.03. The fraction of sp³-hybridized carbons (Fsp3) is 1.00. The van der Waals surface area contributed by atoms with E-state index in [9.17, 15) is 0 Å². The molecule has 1 aliphatic carbocycles. The van der Waals surface area contributed by atoms with Crippen molar-refractivity contribution in [3.05, 3.63) is 0 Å². The zero-order chi connectivity index (χ0) is 9.15. The first-order chi connectivity index (χ1) is 6.29. The number of rotatable bonds is 2. The molecule has 2 heteroatoms. The van der Waals surface area contributed by atoms with Gasteiger partial charge in [0.25, 0.3) is 0 Å². The molecule has 0 amide bonds. The summed E-state index contributed by atoms with van der Waals surface area (Å²) in [4.78, 5) is 2.59. The third-order valence-electron chi connectivity index (χ3n) is 3.48. The van der Waals surface area contributed by atoms with Gasteiger partial charge in [-0.1, -0.05) is 13.3 Å². The molecule has 0 bridgehead atoms. The Labute approximate surface area is 81.3 Å². The summed E-state index contributed by atoms with van der Waals surface area (Å²) in [5.41, 5.74) is 0.643. The molecule has 13 heavy (non-hydrogen) atoms. The predicted molar refractivity (Wildman–Crippen MR) is 53.8 cm³/mol. The van der Waals surface area contributed by atoms with Gasteiger partial charge in [-0.05, 0) is 24.7 Å². The van der Waals surface area contributed by atoms with Gasteiger partial charge in [-0.3, -0.25) is 0 Å². The van der Waals surface area contributed by atoms with E-state index in [0.29, 0.717) is 5.41 Å². The average Bonchev–Trinajstić information content (AvgIpc) is 2.30. The van der Waals surface area contributed by atoms with Crippen LogP contribution >= 0.6 is 0 Å². The molecule has 2 aliphatic rings. The lowest BCUT2D eigenvalue weighted by Crippen LogP contribution is -2.41. The fourth-order valence-electron chi connectivity index (χ4n) is 2.43. The molecule has 0 aromatic carbocycles. The summed E-state index contributed by atoms with van der Waals surface area (Å²) in [5.74, 6) is 0. The smallest absolute Gasteiger partial charge is 0.0593 e. The van der Waals surface area contributed by atoms with Crippen molar-refractivity contribution in [3.8, 4) is 0 Å². The van der Waals surface area contributed by atoms with Gasteiger partial charge in [0, 0.05) is 26.2 Å². The van der Waals surface area contributed by atoms with Gasteiger partial charge in [0.2, 0.25) is 0 Å². The molecule has 76 valence electrons. The Morgan fingerprint density at radius 3 is 2.69 bits per heavy atom. The van der Waals surface area contributed by atoms with Crippen molar-refractivity contribution in [1.82, 2.24) is 4.90 Å². The first-order valence-corrected chi connectivity index (χ1v) is 5.59. The van der Waals surface area contributed by atoms with Crippen molar-refractivity contribution in [2.75, 3.05) is 32.8 Å². The van der Waals surface area contributed by atoms with E-state index in [1.54, 1.807) is 0 Å². The molecule has 2 nitrogen and oxygen atoms in total. The highest BCUT2D eigenvalue weighted by Crippen LogP contribution is 2.40. The molecule has 0 spiro atoms. The molecule has 2 fully saturated rings. The maximum Gasteiger partial charge on any atom is 0.0593 e. The minimum Gasteiger partial charge on any atom is -0.380 e. The topological polar surface area (TPSA) is 12.5 Å². The van der Waals surface area contributed by atoms with Gasteiger partial charge in [-0.2, -0.15) is 0 Å².